The second kappa shape index (κ2) is 9.05. The molecule has 29 heavy (non-hydrogen) atoms. The average Bonchev–Trinajstić information content (AvgIpc) is 2.73. The quantitative estimate of drug-likeness (QED) is 0.390. The Kier molecular flexibility index (Phi) is 6.29. The lowest BCUT2D eigenvalue weighted by Gasteiger charge is -2.11. The average molecular weight is 395 g/mol. The highest BCUT2D eigenvalue weighted by atomic mass is 16.6. The van der Waals surface area contributed by atoms with Crippen molar-refractivity contribution < 1.29 is 23.5 Å². The molecule has 0 radical (unpaired) electrons. The van der Waals surface area contributed by atoms with Crippen molar-refractivity contribution in [2.45, 2.75) is 26.9 Å². The van der Waals surface area contributed by atoms with Gasteiger partial charge in [0, 0.05) is 17.0 Å². The summed E-state index contributed by atoms with van der Waals surface area (Å²) in [6, 6.07) is 14.0. The molecule has 3 aromatic rings. The minimum Gasteiger partial charge on any atom is -0.445 e. The molecule has 0 aliphatic heterocycles. The van der Waals surface area contributed by atoms with Crippen molar-refractivity contribution in [1.29, 1.82) is 0 Å². The lowest BCUT2D eigenvalue weighted by atomic mass is 10.0. The van der Waals surface area contributed by atoms with E-state index in [1.165, 1.54) is 6.07 Å². The fourth-order valence-corrected chi connectivity index (χ4v) is 2.89. The summed E-state index contributed by atoms with van der Waals surface area (Å²) < 4.78 is 15.6. The van der Waals surface area contributed by atoms with E-state index in [-0.39, 0.29) is 18.9 Å². The van der Waals surface area contributed by atoms with E-state index in [1.807, 2.05) is 37.3 Å². The number of fused-ring (bicyclic) bond motifs is 1. The molecule has 1 aromatic heterocycles. The van der Waals surface area contributed by atoms with Gasteiger partial charge in [-0.1, -0.05) is 37.3 Å². The summed E-state index contributed by atoms with van der Waals surface area (Å²) in [5, 5.41) is 3.15. The van der Waals surface area contributed by atoms with Crippen LogP contribution in [0.2, 0.25) is 0 Å². The van der Waals surface area contributed by atoms with Crippen LogP contribution in [-0.2, 0) is 22.6 Å². The third-order valence-electron chi connectivity index (χ3n) is 4.39. The van der Waals surface area contributed by atoms with Gasteiger partial charge in [0.2, 0.25) is 0 Å². The minimum atomic E-state index is -0.723. The van der Waals surface area contributed by atoms with E-state index < -0.39 is 17.7 Å². The van der Waals surface area contributed by atoms with Crippen LogP contribution >= 0.6 is 0 Å². The fraction of sp³-hybridized carbons (Fsp3) is 0.227. The lowest BCUT2D eigenvalue weighted by Crippen LogP contribution is -2.32. The van der Waals surface area contributed by atoms with E-state index in [9.17, 15) is 14.4 Å². The first-order valence-electron chi connectivity index (χ1n) is 9.19. The van der Waals surface area contributed by atoms with Crippen LogP contribution in [0.15, 0.2) is 57.7 Å². The number of alkyl carbamates (subject to hydrolysis) is 1. The summed E-state index contributed by atoms with van der Waals surface area (Å²) in [6.45, 7) is 3.39. The van der Waals surface area contributed by atoms with Gasteiger partial charge >= 0.3 is 17.7 Å². The number of hydrogen-bond acceptors (Lipinski definition) is 6. The highest BCUT2D eigenvalue weighted by Gasteiger charge is 2.14. The Bertz CT molecular complexity index is 1090. The molecule has 7 heteroatoms. The normalized spacial score (nSPS) is 10.6. The fourth-order valence-electron chi connectivity index (χ4n) is 2.89. The zero-order valence-corrected chi connectivity index (χ0v) is 16.2. The van der Waals surface area contributed by atoms with E-state index in [2.05, 4.69) is 5.32 Å². The molecule has 0 bridgehead atoms. The Morgan fingerprint density at radius 1 is 1.10 bits per heavy atom. The third kappa shape index (κ3) is 5.01. The maximum Gasteiger partial charge on any atom is 0.407 e. The predicted molar refractivity (Wildman–Crippen MR) is 107 cm³/mol. The molecule has 0 spiro atoms. The zero-order valence-electron chi connectivity index (χ0n) is 16.2. The first-order valence-corrected chi connectivity index (χ1v) is 9.19. The first kappa shape index (κ1) is 20.1. The van der Waals surface area contributed by atoms with E-state index in [0.29, 0.717) is 17.6 Å². The number of aryl methyl sites for hydroxylation is 2. The molecule has 2 aromatic carbocycles. The largest absolute Gasteiger partial charge is 0.445 e. The van der Waals surface area contributed by atoms with E-state index >= 15 is 0 Å². The Balaban J connectivity index is 1.60. The van der Waals surface area contributed by atoms with Gasteiger partial charge in [0.25, 0.3) is 0 Å². The molecule has 0 aliphatic rings. The number of amides is 1. The number of carbonyl (C=O) groups is 2. The second-order valence-corrected chi connectivity index (χ2v) is 6.40. The van der Waals surface area contributed by atoms with Crippen LogP contribution in [0.25, 0.3) is 11.0 Å². The standard InChI is InChI=1S/C22H21NO6/c1-3-16-11-19(24)29-21-14(2)18(10-9-17(16)21)28-20(25)12-23-22(26)27-13-15-7-5-4-6-8-15/h4-11H,3,12-13H2,1-2H3,(H,23,26). The van der Waals surface area contributed by atoms with Gasteiger partial charge in [-0.3, -0.25) is 0 Å². The van der Waals surface area contributed by atoms with Crippen LogP contribution in [0.5, 0.6) is 5.75 Å². The highest BCUT2D eigenvalue weighted by molar-refractivity contribution is 5.86. The van der Waals surface area contributed by atoms with Crippen molar-refractivity contribution in [3.63, 3.8) is 0 Å². The van der Waals surface area contributed by atoms with Gasteiger partial charge in [-0.2, -0.15) is 0 Å². The van der Waals surface area contributed by atoms with Gasteiger partial charge in [0.1, 0.15) is 24.5 Å². The second-order valence-electron chi connectivity index (χ2n) is 6.40. The minimum absolute atomic E-state index is 0.101. The van der Waals surface area contributed by atoms with Gasteiger partial charge in [-0.15, -0.1) is 0 Å². The first-order chi connectivity index (χ1) is 14.0. The molecule has 3 rings (SSSR count). The number of esters is 1. The Labute approximate surface area is 167 Å². The number of carbonyl (C=O) groups excluding carboxylic acids is 2. The smallest absolute Gasteiger partial charge is 0.407 e. The highest BCUT2D eigenvalue weighted by Crippen LogP contribution is 2.28. The van der Waals surface area contributed by atoms with Crippen LogP contribution in [0.3, 0.4) is 0 Å². The Hall–Kier alpha value is -3.61. The van der Waals surface area contributed by atoms with Gasteiger partial charge in [0.05, 0.1) is 0 Å². The summed E-state index contributed by atoms with van der Waals surface area (Å²) in [4.78, 5) is 35.6. The summed E-state index contributed by atoms with van der Waals surface area (Å²) in [7, 11) is 0. The molecule has 150 valence electrons. The molecule has 7 nitrogen and oxygen atoms in total. The van der Waals surface area contributed by atoms with Crippen molar-refractivity contribution in [3.8, 4) is 5.75 Å². The van der Waals surface area contributed by atoms with Gasteiger partial charge in [-0.25, -0.2) is 14.4 Å². The molecule has 0 saturated heterocycles. The summed E-state index contributed by atoms with van der Waals surface area (Å²) in [5.74, 6) is -0.406. The molecule has 0 fully saturated rings. The van der Waals surface area contributed by atoms with Crippen LogP contribution in [-0.4, -0.2) is 18.6 Å². The van der Waals surface area contributed by atoms with Crippen molar-refractivity contribution in [2.24, 2.45) is 0 Å². The summed E-state index contributed by atoms with van der Waals surface area (Å²) in [6.07, 6.45) is -0.0463. The number of nitrogens with one attached hydrogen (secondary N) is 1. The van der Waals surface area contributed by atoms with Crippen LogP contribution < -0.4 is 15.7 Å². The molecular formula is C22H21NO6. The van der Waals surface area contributed by atoms with E-state index in [1.54, 1.807) is 19.1 Å². The van der Waals surface area contributed by atoms with Crippen LogP contribution in [0, 0.1) is 6.92 Å². The van der Waals surface area contributed by atoms with Crippen LogP contribution in [0.4, 0.5) is 4.79 Å². The van der Waals surface area contributed by atoms with Crippen molar-refractivity contribution >= 4 is 23.0 Å². The zero-order chi connectivity index (χ0) is 20.8. The Morgan fingerprint density at radius 3 is 2.59 bits per heavy atom. The molecular weight excluding hydrogens is 374 g/mol. The molecule has 0 aliphatic carbocycles. The van der Waals surface area contributed by atoms with Crippen molar-refractivity contribution in [1.82, 2.24) is 5.32 Å². The van der Waals surface area contributed by atoms with E-state index in [4.69, 9.17) is 13.9 Å². The topological polar surface area (TPSA) is 94.8 Å². The lowest BCUT2D eigenvalue weighted by molar-refractivity contribution is -0.133. The number of ether oxygens (including phenoxy) is 2. The van der Waals surface area contributed by atoms with Crippen LogP contribution in [0.1, 0.15) is 23.6 Å². The molecule has 1 amide bonds. The SMILES string of the molecule is CCc1cc(=O)oc2c(C)c(OC(=O)CNC(=O)OCc3ccccc3)ccc12. The molecule has 1 N–H and O–H groups in total. The molecule has 0 saturated carbocycles. The maximum atomic E-state index is 12.1. The Morgan fingerprint density at radius 2 is 1.86 bits per heavy atom. The summed E-state index contributed by atoms with van der Waals surface area (Å²) in [5.41, 5.74) is 2.17. The molecule has 0 unspecified atom stereocenters. The predicted octanol–water partition coefficient (Wildman–Crippen LogP) is 3.50. The number of hydrogen-bond donors (Lipinski definition) is 1. The van der Waals surface area contributed by atoms with Crippen molar-refractivity contribution in [2.75, 3.05) is 6.54 Å². The third-order valence-corrected chi connectivity index (χ3v) is 4.39. The van der Waals surface area contributed by atoms with Gasteiger partial charge in [-0.05, 0) is 36.6 Å². The van der Waals surface area contributed by atoms with Crippen molar-refractivity contribution in [3.05, 3.63) is 75.6 Å². The monoisotopic (exact) mass is 395 g/mol. The number of rotatable bonds is 6. The maximum absolute atomic E-state index is 12.1. The van der Waals surface area contributed by atoms with Gasteiger partial charge < -0.3 is 19.2 Å². The van der Waals surface area contributed by atoms with Gasteiger partial charge in [0.15, 0.2) is 0 Å². The molecule has 0 atom stereocenters. The van der Waals surface area contributed by atoms with E-state index in [0.717, 1.165) is 16.5 Å². The molecule has 1 heterocycles. The number of benzene rings is 2. The summed E-state index contributed by atoms with van der Waals surface area (Å²) >= 11 is 0.